The third-order valence-corrected chi connectivity index (χ3v) is 4.16. The zero-order valence-corrected chi connectivity index (χ0v) is 13.9. The highest BCUT2D eigenvalue weighted by atomic mass is 16.4. The number of phenols is 1. The molecule has 134 valence electrons. The molecule has 1 aliphatic rings. The number of carboxylic acids is 1. The maximum absolute atomic E-state index is 12.5. The summed E-state index contributed by atoms with van der Waals surface area (Å²) in [6, 6.07) is 9.27. The lowest BCUT2D eigenvalue weighted by atomic mass is 10.0. The fourth-order valence-corrected chi connectivity index (χ4v) is 2.88. The van der Waals surface area contributed by atoms with E-state index in [1.165, 1.54) is 18.2 Å². The molecule has 1 aliphatic heterocycles. The zero-order valence-electron chi connectivity index (χ0n) is 13.9. The van der Waals surface area contributed by atoms with Crippen LogP contribution in [0.2, 0.25) is 0 Å². The molecule has 0 aliphatic carbocycles. The van der Waals surface area contributed by atoms with Gasteiger partial charge in [0.2, 0.25) is 5.91 Å². The fraction of sp³-hybridized carbons (Fsp3) is 0.211. The van der Waals surface area contributed by atoms with Gasteiger partial charge in [-0.15, -0.1) is 0 Å². The Hall–Kier alpha value is -3.35. The number of anilines is 2. The first kappa shape index (κ1) is 17.5. The average Bonchev–Trinajstić information content (AvgIpc) is 2.77. The molecule has 1 heterocycles. The predicted octanol–water partition coefficient (Wildman–Crippen LogP) is 2.55. The quantitative estimate of drug-likeness (QED) is 0.630. The van der Waals surface area contributed by atoms with Gasteiger partial charge in [0.25, 0.3) is 5.91 Å². The van der Waals surface area contributed by atoms with Crippen LogP contribution in [0.25, 0.3) is 0 Å². The topological polar surface area (TPSA) is 116 Å². The van der Waals surface area contributed by atoms with Crippen LogP contribution in [0, 0.1) is 0 Å². The molecular formula is C19H18N2O5. The van der Waals surface area contributed by atoms with Crippen molar-refractivity contribution < 1.29 is 24.6 Å². The second-order valence-electron chi connectivity index (χ2n) is 6.15. The van der Waals surface area contributed by atoms with Gasteiger partial charge in [-0.25, -0.2) is 0 Å². The number of fused-ring (bicyclic) bond motifs is 1. The van der Waals surface area contributed by atoms with Crippen molar-refractivity contribution in [2.75, 3.05) is 10.6 Å². The SMILES string of the molecule is O=C(O)Cc1ccc(O)c(NC(=O)c2ccc3c(c2)CCCC(=O)N3)c1. The van der Waals surface area contributed by atoms with Gasteiger partial charge >= 0.3 is 5.97 Å². The van der Waals surface area contributed by atoms with E-state index >= 15 is 0 Å². The summed E-state index contributed by atoms with van der Waals surface area (Å²) in [4.78, 5) is 34.9. The molecule has 4 N–H and O–H groups in total. The summed E-state index contributed by atoms with van der Waals surface area (Å²) in [5.74, 6) is -1.61. The lowest BCUT2D eigenvalue weighted by Gasteiger charge is -2.11. The monoisotopic (exact) mass is 354 g/mol. The number of carbonyl (C=O) groups excluding carboxylic acids is 2. The van der Waals surface area contributed by atoms with Crippen molar-refractivity contribution in [1.82, 2.24) is 0 Å². The van der Waals surface area contributed by atoms with Crippen LogP contribution < -0.4 is 10.6 Å². The number of rotatable bonds is 4. The number of amides is 2. The minimum absolute atomic E-state index is 0.0406. The summed E-state index contributed by atoms with van der Waals surface area (Å²) in [5.41, 5.74) is 2.60. The van der Waals surface area contributed by atoms with Gasteiger partial charge in [-0.05, 0) is 54.3 Å². The van der Waals surface area contributed by atoms with Crippen LogP contribution >= 0.6 is 0 Å². The van der Waals surface area contributed by atoms with Crippen molar-refractivity contribution in [2.24, 2.45) is 0 Å². The van der Waals surface area contributed by atoms with Crippen molar-refractivity contribution in [3.8, 4) is 5.75 Å². The minimum atomic E-state index is -0.999. The summed E-state index contributed by atoms with van der Waals surface area (Å²) < 4.78 is 0. The van der Waals surface area contributed by atoms with E-state index in [1.807, 2.05) is 0 Å². The Bertz CT molecular complexity index is 891. The van der Waals surface area contributed by atoms with Crippen molar-refractivity contribution in [1.29, 1.82) is 0 Å². The van der Waals surface area contributed by atoms with Crippen LogP contribution in [0.1, 0.15) is 34.3 Å². The third-order valence-electron chi connectivity index (χ3n) is 4.16. The predicted molar refractivity (Wildman–Crippen MR) is 95.4 cm³/mol. The molecule has 2 aromatic carbocycles. The van der Waals surface area contributed by atoms with Crippen LogP contribution in [0.15, 0.2) is 36.4 Å². The fourth-order valence-electron chi connectivity index (χ4n) is 2.88. The lowest BCUT2D eigenvalue weighted by molar-refractivity contribution is -0.136. The maximum Gasteiger partial charge on any atom is 0.307 e. The zero-order chi connectivity index (χ0) is 18.7. The Morgan fingerprint density at radius 2 is 1.92 bits per heavy atom. The van der Waals surface area contributed by atoms with E-state index in [1.54, 1.807) is 18.2 Å². The summed E-state index contributed by atoms with van der Waals surface area (Å²) >= 11 is 0. The highest BCUT2D eigenvalue weighted by molar-refractivity contribution is 6.05. The molecule has 0 saturated carbocycles. The number of hydrogen-bond donors (Lipinski definition) is 4. The number of nitrogens with one attached hydrogen (secondary N) is 2. The first-order valence-corrected chi connectivity index (χ1v) is 8.20. The minimum Gasteiger partial charge on any atom is -0.506 e. The van der Waals surface area contributed by atoms with E-state index in [0.29, 0.717) is 36.1 Å². The van der Waals surface area contributed by atoms with Crippen LogP contribution in [-0.4, -0.2) is 28.0 Å². The number of aromatic hydroxyl groups is 1. The van der Waals surface area contributed by atoms with Gasteiger partial charge in [-0.2, -0.15) is 0 Å². The molecule has 0 atom stereocenters. The first-order valence-electron chi connectivity index (χ1n) is 8.20. The molecule has 0 saturated heterocycles. The molecule has 3 rings (SSSR count). The Labute approximate surface area is 149 Å². The molecule has 0 radical (unpaired) electrons. The Morgan fingerprint density at radius 1 is 1.12 bits per heavy atom. The highest BCUT2D eigenvalue weighted by Crippen LogP contribution is 2.27. The number of benzene rings is 2. The van der Waals surface area contributed by atoms with Crippen LogP contribution in [0.5, 0.6) is 5.75 Å². The van der Waals surface area contributed by atoms with Gasteiger partial charge < -0.3 is 20.8 Å². The number of carboxylic acid groups (broad SMARTS) is 1. The van der Waals surface area contributed by atoms with Crippen molar-refractivity contribution in [3.63, 3.8) is 0 Å². The average molecular weight is 354 g/mol. The molecule has 26 heavy (non-hydrogen) atoms. The van der Waals surface area contributed by atoms with E-state index in [4.69, 9.17) is 5.11 Å². The molecule has 0 spiro atoms. The molecule has 2 aromatic rings. The highest BCUT2D eigenvalue weighted by Gasteiger charge is 2.16. The second kappa shape index (κ2) is 7.26. The molecule has 7 heteroatoms. The number of carbonyl (C=O) groups is 3. The summed E-state index contributed by atoms with van der Waals surface area (Å²) in [6.45, 7) is 0. The molecule has 0 aromatic heterocycles. The molecule has 0 bridgehead atoms. The number of hydrogen-bond acceptors (Lipinski definition) is 4. The molecular weight excluding hydrogens is 336 g/mol. The first-order chi connectivity index (χ1) is 12.4. The van der Waals surface area contributed by atoms with Gasteiger partial charge in [0.1, 0.15) is 5.75 Å². The Kier molecular flexibility index (Phi) is 4.88. The summed E-state index contributed by atoms with van der Waals surface area (Å²) in [5, 5.41) is 24.2. The molecule has 2 amide bonds. The molecule has 0 fully saturated rings. The van der Waals surface area contributed by atoms with Crippen molar-refractivity contribution in [2.45, 2.75) is 25.7 Å². The van der Waals surface area contributed by atoms with Crippen molar-refractivity contribution in [3.05, 3.63) is 53.1 Å². The van der Waals surface area contributed by atoms with Crippen molar-refractivity contribution >= 4 is 29.2 Å². The van der Waals surface area contributed by atoms with E-state index < -0.39 is 11.9 Å². The van der Waals surface area contributed by atoms with Gasteiger partial charge in [-0.3, -0.25) is 14.4 Å². The largest absolute Gasteiger partial charge is 0.506 e. The third kappa shape index (κ3) is 4.00. The molecule has 7 nitrogen and oxygen atoms in total. The number of aliphatic carboxylic acids is 1. The lowest BCUT2D eigenvalue weighted by Crippen LogP contribution is -2.14. The Morgan fingerprint density at radius 3 is 2.69 bits per heavy atom. The van der Waals surface area contributed by atoms with Crippen LogP contribution in [0.3, 0.4) is 0 Å². The van der Waals surface area contributed by atoms with Gasteiger partial charge in [0.05, 0.1) is 12.1 Å². The van der Waals surface area contributed by atoms with Crippen LogP contribution in [-0.2, 0) is 22.4 Å². The van der Waals surface area contributed by atoms with E-state index in [0.717, 1.165) is 5.56 Å². The Balaban J connectivity index is 1.81. The van der Waals surface area contributed by atoms with E-state index in [2.05, 4.69) is 10.6 Å². The van der Waals surface area contributed by atoms with E-state index in [-0.39, 0.29) is 23.8 Å². The standard InChI is InChI=1S/C19H18N2O5/c22-16-7-4-11(9-18(24)25)8-15(16)21-19(26)13-5-6-14-12(10-13)2-1-3-17(23)20-14/h4-8,10,22H,1-3,9H2,(H,20,23)(H,21,26)(H,24,25). The number of phenolic OH excluding ortho intramolecular Hbond substituents is 1. The van der Waals surface area contributed by atoms with E-state index in [9.17, 15) is 19.5 Å². The molecule has 0 unspecified atom stereocenters. The van der Waals surface area contributed by atoms with Gasteiger partial charge in [0.15, 0.2) is 0 Å². The summed E-state index contributed by atoms with van der Waals surface area (Å²) in [6.07, 6.45) is 1.64. The normalized spacial score (nSPS) is 13.3. The second-order valence-corrected chi connectivity index (χ2v) is 6.15. The smallest absolute Gasteiger partial charge is 0.307 e. The maximum atomic E-state index is 12.5. The summed E-state index contributed by atoms with van der Waals surface area (Å²) in [7, 11) is 0. The van der Waals surface area contributed by atoms with Gasteiger partial charge in [0, 0.05) is 17.7 Å². The number of aryl methyl sites for hydroxylation is 1. The van der Waals surface area contributed by atoms with Crippen LogP contribution in [0.4, 0.5) is 11.4 Å². The van der Waals surface area contributed by atoms with Gasteiger partial charge in [-0.1, -0.05) is 6.07 Å².